The van der Waals surface area contributed by atoms with Gasteiger partial charge in [0.1, 0.15) is 18.1 Å². The maximum Gasteiger partial charge on any atom is 0.326 e. The van der Waals surface area contributed by atoms with Gasteiger partial charge < -0.3 is 37.6 Å². The van der Waals surface area contributed by atoms with Crippen molar-refractivity contribution in [3.8, 4) is 0 Å². The van der Waals surface area contributed by atoms with Crippen molar-refractivity contribution in [2.45, 2.75) is 84.0 Å². The third-order valence-electron chi connectivity index (χ3n) is 4.93. The second kappa shape index (κ2) is 15.2. The lowest BCUT2D eigenvalue weighted by Crippen LogP contribution is -2.58. The summed E-state index contributed by atoms with van der Waals surface area (Å²) in [6.45, 7) is 7.41. The van der Waals surface area contributed by atoms with Gasteiger partial charge in [-0.15, -0.1) is 0 Å². The molecule has 0 aromatic rings. The molecule has 190 valence electrons. The Morgan fingerprint density at radius 1 is 0.788 bits per heavy atom. The van der Waals surface area contributed by atoms with Crippen molar-refractivity contribution in [2.75, 3.05) is 6.54 Å². The van der Waals surface area contributed by atoms with Crippen LogP contribution in [0.4, 0.5) is 0 Å². The molecule has 0 aromatic carbocycles. The number of aliphatic carboxylic acids is 2. The molecular weight excluding hydrogens is 434 g/mol. The molecule has 3 amide bonds. The molecule has 0 radical (unpaired) electrons. The first-order valence-electron chi connectivity index (χ1n) is 11.1. The molecule has 4 unspecified atom stereocenters. The molecule has 0 saturated carbocycles. The molecule has 12 nitrogen and oxygen atoms in total. The number of carboxylic acids is 2. The molecule has 0 aromatic heterocycles. The average molecular weight is 474 g/mol. The van der Waals surface area contributed by atoms with Crippen LogP contribution in [0.1, 0.15) is 59.8 Å². The molecule has 12 heteroatoms. The lowest BCUT2D eigenvalue weighted by Gasteiger charge is -2.26. The van der Waals surface area contributed by atoms with Gasteiger partial charge in [-0.25, -0.2) is 4.79 Å². The van der Waals surface area contributed by atoms with Crippen molar-refractivity contribution >= 4 is 29.7 Å². The van der Waals surface area contributed by atoms with Crippen molar-refractivity contribution in [2.24, 2.45) is 23.3 Å². The summed E-state index contributed by atoms with van der Waals surface area (Å²) < 4.78 is 0. The largest absolute Gasteiger partial charge is 0.481 e. The van der Waals surface area contributed by atoms with E-state index in [4.69, 9.17) is 16.6 Å². The summed E-state index contributed by atoms with van der Waals surface area (Å²) in [5.74, 6) is -5.12. The van der Waals surface area contributed by atoms with E-state index >= 15 is 0 Å². The number of nitrogens with one attached hydrogen (secondary N) is 3. The lowest BCUT2D eigenvalue weighted by atomic mass is 10.0. The fraction of sp³-hybridized carbons (Fsp3) is 0.762. The lowest BCUT2D eigenvalue weighted by molar-refractivity contribution is -0.143. The SMILES string of the molecule is CC(C)CC(NC(=O)C(CC(=O)O)NC(=O)C(N)C(C)C)C(=O)NC(CCCCN)C(=O)O. The fourth-order valence-electron chi connectivity index (χ4n) is 2.95. The zero-order valence-corrected chi connectivity index (χ0v) is 19.8. The van der Waals surface area contributed by atoms with E-state index in [2.05, 4.69) is 16.0 Å². The summed E-state index contributed by atoms with van der Waals surface area (Å²) in [6, 6.07) is -4.69. The van der Waals surface area contributed by atoms with Gasteiger partial charge in [0.15, 0.2) is 0 Å². The molecule has 0 aliphatic rings. The minimum absolute atomic E-state index is 0.0524. The van der Waals surface area contributed by atoms with E-state index in [0.29, 0.717) is 19.4 Å². The Kier molecular flexibility index (Phi) is 13.9. The van der Waals surface area contributed by atoms with Gasteiger partial charge in [-0.3, -0.25) is 19.2 Å². The van der Waals surface area contributed by atoms with Crippen molar-refractivity contribution < 1.29 is 34.2 Å². The Hall–Kier alpha value is -2.73. The monoisotopic (exact) mass is 473 g/mol. The van der Waals surface area contributed by atoms with E-state index in [0.717, 1.165) is 0 Å². The number of hydrogen-bond acceptors (Lipinski definition) is 7. The molecule has 9 N–H and O–H groups in total. The van der Waals surface area contributed by atoms with Crippen molar-refractivity contribution in [1.29, 1.82) is 0 Å². The van der Waals surface area contributed by atoms with Gasteiger partial charge in [0.05, 0.1) is 12.5 Å². The second-order valence-electron chi connectivity index (χ2n) is 8.80. The van der Waals surface area contributed by atoms with Crippen molar-refractivity contribution in [3.63, 3.8) is 0 Å². The Morgan fingerprint density at radius 2 is 1.30 bits per heavy atom. The van der Waals surface area contributed by atoms with Crippen LogP contribution in [0, 0.1) is 11.8 Å². The number of hydrogen-bond donors (Lipinski definition) is 7. The Bertz CT molecular complexity index is 684. The van der Waals surface area contributed by atoms with Crippen LogP contribution in [0.2, 0.25) is 0 Å². The number of carbonyl (C=O) groups is 5. The van der Waals surface area contributed by atoms with Crippen LogP contribution in [-0.2, 0) is 24.0 Å². The molecule has 0 heterocycles. The van der Waals surface area contributed by atoms with Gasteiger partial charge in [-0.05, 0) is 44.1 Å². The number of carboxylic acid groups (broad SMARTS) is 2. The smallest absolute Gasteiger partial charge is 0.326 e. The summed E-state index contributed by atoms with van der Waals surface area (Å²) in [4.78, 5) is 60.6. The number of amides is 3. The fourth-order valence-corrected chi connectivity index (χ4v) is 2.95. The Balaban J connectivity index is 5.48. The summed E-state index contributed by atoms with van der Waals surface area (Å²) in [6.07, 6.45) is 0.727. The third-order valence-corrected chi connectivity index (χ3v) is 4.93. The normalized spacial score (nSPS) is 14.8. The molecule has 0 bridgehead atoms. The molecule has 0 saturated heterocycles. The molecule has 33 heavy (non-hydrogen) atoms. The van der Waals surface area contributed by atoms with Gasteiger partial charge in [-0.1, -0.05) is 27.7 Å². The zero-order chi connectivity index (χ0) is 25.7. The second-order valence-corrected chi connectivity index (χ2v) is 8.80. The van der Waals surface area contributed by atoms with E-state index in [1.807, 2.05) is 0 Å². The average Bonchev–Trinajstić information content (AvgIpc) is 2.70. The number of unbranched alkanes of at least 4 members (excludes halogenated alkanes) is 1. The molecular formula is C21H39N5O7. The molecule has 0 rings (SSSR count). The maximum absolute atomic E-state index is 12.8. The predicted molar refractivity (Wildman–Crippen MR) is 121 cm³/mol. The molecule has 0 fully saturated rings. The van der Waals surface area contributed by atoms with E-state index in [9.17, 15) is 29.1 Å². The van der Waals surface area contributed by atoms with Gasteiger partial charge in [0, 0.05) is 0 Å². The van der Waals surface area contributed by atoms with Gasteiger partial charge >= 0.3 is 11.9 Å². The van der Waals surface area contributed by atoms with Crippen LogP contribution in [0.3, 0.4) is 0 Å². The van der Waals surface area contributed by atoms with Crippen LogP contribution in [0.5, 0.6) is 0 Å². The van der Waals surface area contributed by atoms with E-state index in [1.54, 1.807) is 27.7 Å². The van der Waals surface area contributed by atoms with Crippen LogP contribution in [-0.4, -0.2) is 70.6 Å². The Morgan fingerprint density at radius 3 is 1.76 bits per heavy atom. The summed E-state index contributed by atoms with van der Waals surface area (Å²) in [5, 5.41) is 25.7. The number of nitrogens with two attached hydrogens (primary N) is 2. The van der Waals surface area contributed by atoms with E-state index < -0.39 is 60.2 Å². The maximum atomic E-state index is 12.8. The van der Waals surface area contributed by atoms with Gasteiger partial charge in [-0.2, -0.15) is 0 Å². The van der Waals surface area contributed by atoms with Gasteiger partial charge in [0.25, 0.3) is 0 Å². The number of rotatable bonds is 16. The topological polar surface area (TPSA) is 214 Å². The summed E-state index contributed by atoms with van der Waals surface area (Å²) >= 11 is 0. The first-order chi connectivity index (χ1) is 15.3. The van der Waals surface area contributed by atoms with Crippen molar-refractivity contribution in [3.05, 3.63) is 0 Å². The standard InChI is InChI=1S/C21H39N5O7/c1-11(2)9-14(18(29)24-13(21(32)33)7-5-6-8-22)25-19(30)15(10-16(27)28)26-20(31)17(23)12(3)4/h11-15,17H,5-10,22-23H2,1-4H3,(H,24,29)(H,25,30)(H,26,31)(H,27,28)(H,32,33). The highest BCUT2D eigenvalue weighted by Crippen LogP contribution is 2.09. The summed E-state index contributed by atoms with van der Waals surface area (Å²) in [7, 11) is 0. The van der Waals surface area contributed by atoms with Crippen LogP contribution >= 0.6 is 0 Å². The van der Waals surface area contributed by atoms with Crippen molar-refractivity contribution in [1.82, 2.24) is 16.0 Å². The minimum Gasteiger partial charge on any atom is -0.481 e. The van der Waals surface area contributed by atoms with Gasteiger partial charge in [0.2, 0.25) is 17.7 Å². The molecule has 0 aliphatic heterocycles. The first kappa shape index (κ1) is 30.3. The highest BCUT2D eigenvalue weighted by atomic mass is 16.4. The number of carbonyl (C=O) groups excluding carboxylic acids is 3. The third kappa shape index (κ3) is 12.2. The van der Waals surface area contributed by atoms with E-state index in [-0.39, 0.29) is 24.7 Å². The highest BCUT2D eigenvalue weighted by Gasteiger charge is 2.32. The first-order valence-corrected chi connectivity index (χ1v) is 11.1. The Labute approximate surface area is 194 Å². The molecule has 0 spiro atoms. The molecule has 4 atom stereocenters. The van der Waals surface area contributed by atoms with Crippen LogP contribution in [0.15, 0.2) is 0 Å². The predicted octanol–water partition coefficient (Wildman–Crippen LogP) is -0.841. The summed E-state index contributed by atoms with van der Waals surface area (Å²) in [5.41, 5.74) is 11.2. The minimum atomic E-state index is -1.46. The highest BCUT2D eigenvalue weighted by molar-refractivity contribution is 5.95. The zero-order valence-electron chi connectivity index (χ0n) is 19.8. The van der Waals surface area contributed by atoms with E-state index in [1.165, 1.54) is 0 Å². The van der Waals surface area contributed by atoms with Crippen LogP contribution in [0.25, 0.3) is 0 Å². The molecule has 0 aliphatic carbocycles. The quantitative estimate of drug-likeness (QED) is 0.139. The van der Waals surface area contributed by atoms with Crippen LogP contribution < -0.4 is 27.4 Å².